The summed E-state index contributed by atoms with van der Waals surface area (Å²) in [5.74, 6) is -0.313. The van der Waals surface area contributed by atoms with Crippen molar-refractivity contribution < 1.29 is 18.0 Å². The van der Waals surface area contributed by atoms with Gasteiger partial charge in [-0.2, -0.15) is 13.2 Å². The topological polar surface area (TPSA) is 29.1 Å². The van der Waals surface area contributed by atoms with Crippen LogP contribution in [0.4, 0.5) is 18.9 Å². The lowest BCUT2D eigenvalue weighted by Crippen LogP contribution is -2.06. The summed E-state index contributed by atoms with van der Waals surface area (Å²) in [6.07, 6.45) is 0. The molecule has 1 N–H and O–H groups in total. The quantitative estimate of drug-likeness (QED) is 0.812. The van der Waals surface area contributed by atoms with Crippen LogP contribution in [0.3, 0.4) is 0 Å². The van der Waals surface area contributed by atoms with E-state index in [-0.39, 0.29) is 22.6 Å². The highest BCUT2D eigenvalue weighted by Crippen LogP contribution is 2.39. The van der Waals surface area contributed by atoms with E-state index >= 15 is 0 Å². The third-order valence-electron chi connectivity index (χ3n) is 1.73. The van der Waals surface area contributed by atoms with Gasteiger partial charge in [0.1, 0.15) is 0 Å². The molecule has 0 bridgehead atoms. The minimum Gasteiger partial charge on any atom is -0.326 e. The van der Waals surface area contributed by atoms with E-state index in [1.165, 1.54) is 13.0 Å². The average molecular weight is 249 g/mol. The Morgan fingerprint density at radius 1 is 1.38 bits per heavy atom. The van der Waals surface area contributed by atoms with E-state index < -0.39 is 5.51 Å². The molecular formula is C10H10F3NOS. The second-order valence-electron chi connectivity index (χ2n) is 3.21. The Hall–Kier alpha value is -1.17. The van der Waals surface area contributed by atoms with Crippen molar-refractivity contribution in [3.05, 3.63) is 23.8 Å². The summed E-state index contributed by atoms with van der Waals surface area (Å²) in [4.78, 5) is 10.9. The van der Waals surface area contributed by atoms with Crippen LogP contribution in [0.25, 0.3) is 0 Å². The van der Waals surface area contributed by atoms with E-state index in [1.807, 2.05) is 0 Å². The van der Waals surface area contributed by atoms with E-state index in [0.717, 1.165) is 0 Å². The molecule has 0 aliphatic rings. The fourth-order valence-corrected chi connectivity index (χ4v) is 1.78. The maximum absolute atomic E-state index is 12.2. The monoisotopic (exact) mass is 249 g/mol. The Labute approximate surface area is 95.2 Å². The molecule has 1 amide bonds. The van der Waals surface area contributed by atoms with E-state index in [1.54, 1.807) is 19.1 Å². The zero-order chi connectivity index (χ0) is 12.3. The number of rotatable bonds is 2. The minimum absolute atomic E-state index is 0.0961. The van der Waals surface area contributed by atoms with Gasteiger partial charge in [-0.3, -0.25) is 4.79 Å². The number of halogens is 3. The second-order valence-corrected chi connectivity index (χ2v) is 4.32. The highest BCUT2D eigenvalue weighted by atomic mass is 32.2. The number of hydrogen-bond acceptors (Lipinski definition) is 2. The Balaban J connectivity index is 2.95. The van der Waals surface area contributed by atoms with Gasteiger partial charge in [0.2, 0.25) is 5.91 Å². The van der Waals surface area contributed by atoms with Crippen LogP contribution in [0.15, 0.2) is 23.1 Å². The van der Waals surface area contributed by atoms with Gasteiger partial charge in [-0.15, -0.1) is 0 Å². The SMILES string of the molecule is CC(=O)Nc1ccc(C)c(SC(F)(F)F)c1. The summed E-state index contributed by atoms with van der Waals surface area (Å²) in [5, 5.41) is 2.44. The van der Waals surface area contributed by atoms with Crippen LogP contribution in [0, 0.1) is 6.92 Å². The number of carbonyl (C=O) groups is 1. The van der Waals surface area contributed by atoms with Crippen LogP contribution in [-0.4, -0.2) is 11.4 Å². The first-order valence-electron chi connectivity index (χ1n) is 4.42. The number of hydrogen-bond donors (Lipinski definition) is 1. The van der Waals surface area contributed by atoms with E-state index in [0.29, 0.717) is 11.3 Å². The molecule has 0 spiro atoms. The molecule has 88 valence electrons. The molecule has 0 radical (unpaired) electrons. The lowest BCUT2D eigenvalue weighted by Gasteiger charge is -2.10. The molecular weight excluding hydrogens is 239 g/mol. The molecule has 16 heavy (non-hydrogen) atoms. The van der Waals surface area contributed by atoms with E-state index in [4.69, 9.17) is 0 Å². The van der Waals surface area contributed by atoms with Gasteiger partial charge in [-0.25, -0.2) is 0 Å². The van der Waals surface area contributed by atoms with Gasteiger partial charge in [-0.05, 0) is 36.4 Å². The van der Waals surface area contributed by atoms with Crippen molar-refractivity contribution in [3.8, 4) is 0 Å². The lowest BCUT2D eigenvalue weighted by molar-refractivity contribution is -0.114. The number of thioether (sulfide) groups is 1. The third-order valence-corrected chi connectivity index (χ3v) is 2.63. The molecule has 0 saturated carbocycles. The number of alkyl halides is 3. The molecule has 0 aromatic heterocycles. The third kappa shape index (κ3) is 4.14. The van der Waals surface area contributed by atoms with Crippen LogP contribution in [0.2, 0.25) is 0 Å². The van der Waals surface area contributed by atoms with Crippen molar-refractivity contribution in [2.45, 2.75) is 24.3 Å². The van der Waals surface area contributed by atoms with Gasteiger partial charge in [0.05, 0.1) is 0 Å². The molecule has 2 nitrogen and oxygen atoms in total. The molecule has 0 heterocycles. The Morgan fingerprint density at radius 3 is 2.50 bits per heavy atom. The van der Waals surface area contributed by atoms with Crippen molar-refractivity contribution in [1.82, 2.24) is 0 Å². The number of benzene rings is 1. The lowest BCUT2D eigenvalue weighted by atomic mass is 10.2. The molecule has 1 aromatic carbocycles. The van der Waals surface area contributed by atoms with Crippen molar-refractivity contribution in [3.63, 3.8) is 0 Å². The molecule has 1 rings (SSSR count). The number of amides is 1. The summed E-state index contributed by atoms with van der Waals surface area (Å²) >= 11 is -0.183. The predicted octanol–water partition coefficient (Wildman–Crippen LogP) is 3.57. The number of nitrogens with one attached hydrogen (secondary N) is 1. The largest absolute Gasteiger partial charge is 0.446 e. The summed E-state index contributed by atoms with van der Waals surface area (Å²) < 4.78 is 36.6. The molecule has 0 unspecified atom stereocenters. The van der Waals surface area contributed by atoms with Crippen LogP contribution in [-0.2, 0) is 4.79 Å². The molecule has 0 aliphatic carbocycles. The fourth-order valence-electron chi connectivity index (χ4n) is 1.12. The molecule has 0 aliphatic heterocycles. The number of anilines is 1. The van der Waals surface area contributed by atoms with E-state index in [9.17, 15) is 18.0 Å². The number of aryl methyl sites for hydroxylation is 1. The van der Waals surface area contributed by atoms with Gasteiger partial charge in [0, 0.05) is 17.5 Å². The van der Waals surface area contributed by atoms with Crippen LogP contribution < -0.4 is 5.32 Å². The summed E-state index contributed by atoms with van der Waals surface area (Å²) in [5.41, 5.74) is -3.43. The highest BCUT2D eigenvalue weighted by Gasteiger charge is 2.30. The predicted molar refractivity (Wildman–Crippen MR) is 57.4 cm³/mol. The van der Waals surface area contributed by atoms with Crippen molar-refractivity contribution in [1.29, 1.82) is 0 Å². The van der Waals surface area contributed by atoms with Crippen LogP contribution >= 0.6 is 11.8 Å². The normalized spacial score (nSPS) is 11.3. The molecule has 1 aromatic rings. The van der Waals surface area contributed by atoms with Crippen LogP contribution in [0.1, 0.15) is 12.5 Å². The summed E-state index contributed by atoms with van der Waals surface area (Å²) in [7, 11) is 0. The maximum Gasteiger partial charge on any atom is 0.446 e. The molecule has 0 atom stereocenters. The number of carbonyl (C=O) groups excluding carboxylic acids is 1. The van der Waals surface area contributed by atoms with Gasteiger partial charge in [-0.1, -0.05) is 6.07 Å². The Kier molecular flexibility index (Phi) is 3.85. The average Bonchev–Trinajstić information content (AvgIpc) is 2.07. The maximum atomic E-state index is 12.2. The highest BCUT2D eigenvalue weighted by molar-refractivity contribution is 8.00. The van der Waals surface area contributed by atoms with Gasteiger partial charge >= 0.3 is 5.51 Å². The first kappa shape index (κ1) is 12.9. The first-order valence-corrected chi connectivity index (χ1v) is 5.23. The molecule has 0 fully saturated rings. The smallest absolute Gasteiger partial charge is 0.326 e. The van der Waals surface area contributed by atoms with Crippen molar-refractivity contribution in [2.24, 2.45) is 0 Å². The minimum atomic E-state index is -4.32. The van der Waals surface area contributed by atoms with Crippen molar-refractivity contribution in [2.75, 3.05) is 5.32 Å². The van der Waals surface area contributed by atoms with Gasteiger partial charge in [0.15, 0.2) is 0 Å². The second kappa shape index (κ2) is 4.78. The molecule has 6 heteroatoms. The summed E-state index contributed by atoms with van der Waals surface area (Å²) in [6.45, 7) is 2.89. The Bertz CT molecular complexity index is 404. The van der Waals surface area contributed by atoms with Crippen molar-refractivity contribution >= 4 is 23.4 Å². The summed E-state index contributed by atoms with van der Waals surface area (Å²) in [6, 6.07) is 4.42. The zero-order valence-electron chi connectivity index (χ0n) is 8.68. The molecule has 0 saturated heterocycles. The fraction of sp³-hybridized carbons (Fsp3) is 0.300. The first-order chi connectivity index (χ1) is 7.28. The van der Waals surface area contributed by atoms with Crippen LogP contribution in [0.5, 0.6) is 0 Å². The zero-order valence-corrected chi connectivity index (χ0v) is 9.50. The van der Waals surface area contributed by atoms with Gasteiger partial charge in [0.25, 0.3) is 0 Å². The standard InChI is InChI=1S/C10H10F3NOS/c1-6-3-4-8(14-7(2)15)5-9(6)16-10(11,12)13/h3-5H,1-2H3,(H,14,15). The van der Waals surface area contributed by atoms with Gasteiger partial charge < -0.3 is 5.32 Å². The Morgan fingerprint density at radius 2 is 2.00 bits per heavy atom. The van der Waals surface area contributed by atoms with E-state index in [2.05, 4.69) is 5.32 Å².